The van der Waals surface area contributed by atoms with E-state index in [-0.39, 0.29) is 5.91 Å². The summed E-state index contributed by atoms with van der Waals surface area (Å²) in [5, 5.41) is 3.83. The van der Waals surface area contributed by atoms with Crippen LogP contribution in [0.5, 0.6) is 0 Å². The van der Waals surface area contributed by atoms with Crippen LogP contribution in [0.3, 0.4) is 0 Å². The molecule has 112 valence electrons. The molecule has 1 aromatic rings. The third-order valence-electron chi connectivity index (χ3n) is 2.89. The minimum Gasteiger partial charge on any atom is -0.354 e. The number of anilines is 1. The number of rotatable bonds is 5. The Morgan fingerprint density at radius 1 is 1.38 bits per heavy atom. The third-order valence-corrected chi connectivity index (χ3v) is 3.21. The smallest absolute Gasteiger partial charge is 0.255 e. The molecule has 0 heterocycles. The lowest BCUT2D eigenvalue weighted by Crippen LogP contribution is -2.26. The lowest BCUT2D eigenvalue weighted by molar-refractivity contribution is -0.124. The van der Waals surface area contributed by atoms with E-state index in [0.29, 0.717) is 16.3 Å². The number of allylic oxidation sites excluding steroid dienone is 3. The van der Waals surface area contributed by atoms with Crippen LogP contribution in [0.1, 0.15) is 12.5 Å². The Morgan fingerprint density at radius 3 is 2.52 bits per heavy atom. The summed E-state index contributed by atoms with van der Waals surface area (Å²) in [4.78, 5) is 13.8. The van der Waals surface area contributed by atoms with Crippen molar-refractivity contribution in [3.05, 3.63) is 64.9 Å². The lowest BCUT2D eigenvalue weighted by Gasteiger charge is -2.18. The highest BCUT2D eigenvalue weighted by atomic mass is 35.5. The highest BCUT2D eigenvalue weighted by molar-refractivity contribution is 6.33. The maximum absolute atomic E-state index is 12.3. The molecular formula is C17H21ClN2O. The molecule has 4 heteroatoms. The number of aryl methyl sites for hydroxylation is 1. The van der Waals surface area contributed by atoms with Crippen LogP contribution in [0.25, 0.3) is 0 Å². The molecule has 0 aliphatic carbocycles. The molecule has 0 saturated heterocycles. The highest BCUT2D eigenvalue weighted by Crippen LogP contribution is 2.26. The zero-order valence-corrected chi connectivity index (χ0v) is 13.7. The van der Waals surface area contributed by atoms with Crippen molar-refractivity contribution in [1.82, 2.24) is 4.90 Å². The SMILES string of the molecule is C=C/C=C(C(=O)N(C)C)\C(=C/C)Nc1ccc(C)cc1Cl. The second-order valence-electron chi connectivity index (χ2n) is 4.83. The van der Waals surface area contributed by atoms with Gasteiger partial charge in [0.25, 0.3) is 5.91 Å². The summed E-state index contributed by atoms with van der Waals surface area (Å²) in [6.07, 6.45) is 5.12. The monoisotopic (exact) mass is 304 g/mol. The van der Waals surface area contributed by atoms with Gasteiger partial charge in [0.05, 0.1) is 16.3 Å². The maximum Gasteiger partial charge on any atom is 0.255 e. The minimum atomic E-state index is -0.0984. The molecular weight excluding hydrogens is 284 g/mol. The molecule has 0 spiro atoms. The van der Waals surface area contributed by atoms with E-state index in [4.69, 9.17) is 11.6 Å². The standard InChI is InChI=1S/C17H21ClN2O/c1-6-8-13(17(21)20(4)5)15(7-2)19-16-10-9-12(3)11-14(16)18/h6-11,19H,1H2,2-5H3/b13-8+,15-7+. The number of amides is 1. The van der Waals surface area contributed by atoms with Gasteiger partial charge in [-0.3, -0.25) is 4.79 Å². The number of nitrogens with zero attached hydrogens (tertiary/aromatic N) is 1. The molecule has 1 aromatic carbocycles. The van der Waals surface area contributed by atoms with Crippen molar-refractivity contribution >= 4 is 23.2 Å². The van der Waals surface area contributed by atoms with Gasteiger partial charge in [-0.15, -0.1) is 0 Å². The van der Waals surface area contributed by atoms with Crippen molar-refractivity contribution in [3.8, 4) is 0 Å². The van der Waals surface area contributed by atoms with Crippen LogP contribution in [-0.4, -0.2) is 24.9 Å². The predicted octanol–water partition coefficient (Wildman–Crippen LogP) is 4.16. The molecule has 0 unspecified atom stereocenters. The minimum absolute atomic E-state index is 0.0984. The first-order chi connectivity index (χ1) is 9.90. The summed E-state index contributed by atoms with van der Waals surface area (Å²) in [6.45, 7) is 7.51. The normalized spacial score (nSPS) is 12.0. The number of benzene rings is 1. The molecule has 21 heavy (non-hydrogen) atoms. The van der Waals surface area contributed by atoms with E-state index in [0.717, 1.165) is 11.3 Å². The summed E-state index contributed by atoms with van der Waals surface area (Å²) in [7, 11) is 3.43. The Bertz CT molecular complexity index is 601. The molecule has 0 aliphatic heterocycles. The number of hydrogen-bond donors (Lipinski definition) is 1. The van der Waals surface area contributed by atoms with Gasteiger partial charge < -0.3 is 10.2 Å². The van der Waals surface area contributed by atoms with Crippen molar-refractivity contribution in [1.29, 1.82) is 0 Å². The fraction of sp³-hybridized carbons (Fsp3) is 0.235. The van der Waals surface area contributed by atoms with Gasteiger partial charge in [-0.25, -0.2) is 0 Å². The van der Waals surface area contributed by atoms with E-state index in [1.807, 2.05) is 38.1 Å². The van der Waals surface area contributed by atoms with Crippen LogP contribution < -0.4 is 5.32 Å². The quantitative estimate of drug-likeness (QED) is 0.654. The van der Waals surface area contributed by atoms with Crippen LogP contribution in [-0.2, 0) is 4.79 Å². The molecule has 0 saturated carbocycles. The van der Waals surface area contributed by atoms with E-state index in [2.05, 4.69) is 11.9 Å². The van der Waals surface area contributed by atoms with Gasteiger partial charge in [0.2, 0.25) is 0 Å². The van der Waals surface area contributed by atoms with Crippen LogP contribution >= 0.6 is 11.6 Å². The molecule has 0 fully saturated rings. The van der Waals surface area contributed by atoms with Crippen molar-refractivity contribution in [2.45, 2.75) is 13.8 Å². The highest BCUT2D eigenvalue weighted by Gasteiger charge is 2.16. The van der Waals surface area contributed by atoms with E-state index in [1.54, 1.807) is 26.2 Å². The third kappa shape index (κ3) is 4.50. The van der Waals surface area contributed by atoms with E-state index in [1.165, 1.54) is 4.90 Å². The molecule has 0 bridgehead atoms. The number of nitrogens with one attached hydrogen (secondary N) is 1. The second kappa shape index (κ2) is 7.70. The molecule has 0 radical (unpaired) electrons. The van der Waals surface area contributed by atoms with Crippen LogP contribution in [0.15, 0.2) is 54.3 Å². The van der Waals surface area contributed by atoms with Crippen molar-refractivity contribution in [2.24, 2.45) is 0 Å². The molecule has 0 aromatic heterocycles. The Balaban J connectivity index is 3.14. The summed E-state index contributed by atoms with van der Waals surface area (Å²) in [6, 6.07) is 5.74. The van der Waals surface area contributed by atoms with Gasteiger partial charge in [0.15, 0.2) is 0 Å². The van der Waals surface area contributed by atoms with Gasteiger partial charge >= 0.3 is 0 Å². The van der Waals surface area contributed by atoms with Gasteiger partial charge in [-0.1, -0.05) is 36.4 Å². The Hall–Kier alpha value is -2.00. The Kier molecular flexibility index (Phi) is 6.25. The van der Waals surface area contributed by atoms with Gasteiger partial charge in [-0.2, -0.15) is 0 Å². The van der Waals surface area contributed by atoms with E-state index >= 15 is 0 Å². The molecule has 1 rings (SSSR count). The molecule has 0 atom stereocenters. The first kappa shape index (κ1) is 17.1. The zero-order valence-electron chi connectivity index (χ0n) is 12.9. The summed E-state index contributed by atoms with van der Waals surface area (Å²) in [5.41, 5.74) is 3.07. The second-order valence-corrected chi connectivity index (χ2v) is 5.23. The lowest BCUT2D eigenvalue weighted by atomic mass is 10.1. The van der Waals surface area contributed by atoms with Crippen molar-refractivity contribution < 1.29 is 4.79 Å². The van der Waals surface area contributed by atoms with Crippen LogP contribution in [0.2, 0.25) is 5.02 Å². The summed E-state index contributed by atoms with van der Waals surface area (Å²) < 4.78 is 0. The Morgan fingerprint density at radius 2 is 2.05 bits per heavy atom. The average molecular weight is 305 g/mol. The van der Waals surface area contributed by atoms with Crippen molar-refractivity contribution in [3.63, 3.8) is 0 Å². The topological polar surface area (TPSA) is 32.3 Å². The summed E-state index contributed by atoms with van der Waals surface area (Å²) in [5.74, 6) is -0.0984. The number of carbonyl (C=O) groups excluding carboxylic acids is 1. The number of likely N-dealkylation sites (N-methyl/N-ethyl adjacent to an activating group) is 1. The first-order valence-corrected chi connectivity index (χ1v) is 7.02. The average Bonchev–Trinajstić information content (AvgIpc) is 2.44. The first-order valence-electron chi connectivity index (χ1n) is 6.65. The number of hydrogen-bond acceptors (Lipinski definition) is 2. The molecule has 3 nitrogen and oxygen atoms in total. The van der Waals surface area contributed by atoms with Gasteiger partial charge in [0, 0.05) is 19.8 Å². The fourth-order valence-electron chi connectivity index (χ4n) is 1.80. The largest absolute Gasteiger partial charge is 0.354 e. The van der Waals surface area contributed by atoms with Crippen molar-refractivity contribution in [2.75, 3.05) is 19.4 Å². The van der Waals surface area contributed by atoms with Gasteiger partial charge in [-0.05, 0) is 37.6 Å². The van der Waals surface area contributed by atoms with E-state index in [9.17, 15) is 4.79 Å². The van der Waals surface area contributed by atoms with E-state index < -0.39 is 0 Å². The van der Waals surface area contributed by atoms with Crippen LogP contribution in [0, 0.1) is 6.92 Å². The molecule has 1 N–H and O–H groups in total. The summed E-state index contributed by atoms with van der Waals surface area (Å²) >= 11 is 6.23. The molecule has 1 amide bonds. The van der Waals surface area contributed by atoms with Crippen LogP contribution in [0.4, 0.5) is 5.69 Å². The predicted molar refractivity (Wildman–Crippen MR) is 90.5 cm³/mol. The van der Waals surface area contributed by atoms with Gasteiger partial charge in [0.1, 0.15) is 0 Å². The molecule has 0 aliphatic rings. The Labute approximate surface area is 131 Å². The number of halogens is 1. The fourth-order valence-corrected chi connectivity index (χ4v) is 2.08. The number of carbonyl (C=O) groups is 1. The maximum atomic E-state index is 12.3. The zero-order chi connectivity index (χ0) is 16.0.